The van der Waals surface area contributed by atoms with E-state index in [9.17, 15) is 4.79 Å². The molecule has 0 saturated carbocycles. The number of hydrogen-bond donors (Lipinski definition) is 3. The maximum absolute atomic E-state index is 16.1. The Hall–Kier alpha value is -4.51. The number of anilines is 1. The lowest BCUT2D eigenvalue weighted by atomic mass is 9.95. The Balaban J connectivity index is 1.44. The largest absolute Gasteiger partial charge is 0.336 e. The Labute approximate surface area is 220 Å². The van der Waals surface area contributed by atoms with E-state index in [4.69, 9.17) is 4.98 Å². The summed E-state index contributed by atoms with van der Waals surface area (Å²) in [5, 5.41) is 10.2. The highest BCUT2D eigenvalue weighted by Crippen LogP contribution is 2.35. The fourth-order valence-corrected chi connectivity index (χ4v) is 4.96. The number of amides is 1. The van der Waals surface area contributed by atoms with Gasteiger partial charge in [0.25, 0.3) is 0 Å². The van der Waals surface area contributed by atoms with Crippen molar-refractivity contribution in [2.75, 3.05) is 5.32 Å². The van der Waals surface area contributed by atoms with Crippen molar-refractivity contribution in [2.24, 2.45) is 5.41 Å². The number of aromatic amines is 2. The number of rotatable bonds is 4. The first kappa shape index (κ1) is 23.9. The summed E-state index contributed by atoms with van der Waals surface area (Å²) in [5.41, 5.74) is 3.38. The second-order valence-electron chi connectivity index (χ2n) is 10.00. The van der Waals surface area contributed by atoms with Crippen LogP contribution in [0, 0.1) is 18.2 Å². The lowest BCUT2D eigenvalue weighted by molar-refractivity contribution is -0.123. The molecule has 6 heterocycles. The molecule has 0 aliphatic carbocycles. The summed E-state index contributed by atoms with van der Waals surface area (Å²) >= 11 is 1.63. The highest BCUT2D eigenvalue weighted by molar-refractivity contribution is 7.15. The van der Waals surface area contributed by atoms with Crippen molar-refractivity contribution >= 4 is 45.0 Å². The van der Waals surface area contributed by atoms with Crippen molar-refractivity contribution in [1.29, 1.82) is 0 Å². The van der Waals surface area contributed by atoms with Crippen LogP contribution in [0.4, 0.5) is 10.1 Å². The van der Waals surface area contributed by atoms with Crippen molar-refractivity contribution in [3.63, 3.8) is 0 Å². The highest BCUT2D eigenvalue weighted by Gasteiger charge is 2.23. The van der Waals surface area contributed by atoms with Gasteiger partial charge in [-0.25, -0.2) is 14.4 Å². The quantitative estimate of drug-likeness (QED) is 0.254. The van der Waals surface area contributed by atoms with E-state index in [2.05, 4.69) is 35.5 Å². The molecule has 1 amide bonds. The summed E-state index contributed by atoms with van der Waals surface area (Å²) < 4.78 is 16.1. The first-order valence-electron chi connectivity index (χ1n) is 11.9. The molecule has 6 aromatic rings. The van der Waals surface area contributed by atoms with Gasteiger partial charge in [-0.2, -0.15) is 5.10 Å². The van der Waals surface area contributed by atoms with Gasteiger partial charge >= 0.3 is 0 Å². The van der Waals surface area contributed by atoms with Crippen LogP contribution in [-0.4, -0.2) is 41.0 Å². The van der Waals surface area contributed by atoms with Crippen molar-refractivity contribution in [3.05, 3.63) is 59.7 Å². The molecule has 0 aliphatic rings. The summed E-state index contributed by atoms with van der Waals surface area (Å²) in [6, 6.07) is 7.55. The molecule has 190 valence electrons. The van der Waals surface area contributed by atoms with Gasteiger partial charge in [-0.15, -0.1) is 11.3 Å². The van der Waals surface area contributed by atoms with Gasteiger partial charge in [0.1, 0.15) is 22.7 Å². The number of H-pyrrole nitrogens is 2. The molecule has 0 spiro atoms. The average molecular weight is 527 g/mol. The van der Waals surface area contributed by atoms with E-state index in [-0.39, 0.29) is 16.9 Å². The number of carbonyl (C=O) groups is 1. The first-order valence-corrected chi connectivity index (χ1v) is 12.7. The summed E-state index contributed by atoms with van der Waals surface area (Å²) in [6.07, 6.45) is 6.19. The third-order valence-electron chi connectivity index (χ3n) is 6.11. The van der Waals surface area contributed by atoms with Gasteiger partial charge in [0.05, 0.1) is 27.7 Å². The van der Waals surface area contributed by atoms with Crippen molar-refractivity contribution in [1.82, 2.24) is 35.1 Å². The predicted molar refractivity (Wildman–Crippen MR) is 146 cm³/mol. The van der Waals surface area contributed by atoms with Crippen LogP contribution in [0.1, 0.15) is 25.6 Å². The molecule has 0 bridgehead atoms. The topological polar surface area (TPSA) is 125 Å². The van der Waals surface area contributed by atoms with Gasteiger partial charge in [0.15, 0.2) is 11.5 Å². The van der Waals surface area contributed by atoms with E-state index >= 15 is 4.39 Å². The highest BCUT2D eigenvalue weighted by atomic mass is 32.1. The third-order valence-corrected chi connectivity index (χ3v) is 7.12. The molecule has 6 rings (SSSR count). The maximum atomic E-state index is 16.1. The van der Waals surface area contributed by atoms with E-state index in [0.29, 0.717) is 33.9 Å². The molecule has 11 heteroatoms. The standard InChI is InChI=1S/C27H23FN8OS/c1-13-5-6-18(38-13)22-21-17(7-8-30-22)33-25(34-21)23-19-20(28)16(12-31-24(19)36-35-23)14-9-15(11-29-10-14)32-26(37)27(2,3)4/h5-12H,1-4H3,(H,32,37)(H,33,34)(H,31,35,36). The zero-order valence-electron chi connectivity index (χ0n) is 21.0. The number of nitrogens with one attached hydrogen (secondary N) is 3. The minimum Gasteiger partial charge on any atom is -0.336 e. The molecule has 0 radical (unpaired) electrons. The van der Waals surface area contributed by atoms with Crippen LogP contribution < -0.4 is 5.32 Å². The number of imidazole rings is 1. The Bertz CT molecular complexity index is 1850. The second kappa shape index (κ2) is 8.80. The van der Waals surface area contributed by atoms with E-state index < -0.39 is 11.2 Å². The molecule has 9 nitrogen and oxygen atoms in total. The van der Waals surface area contributed by atoms with E-state index in [1.807, 2.05) is 45.9 Å². The summed E-state index contributed by atoms with van der Waals surface area (Å²) in [4.78, 5) is 35.7. The number of nitrogens with zero attached hydrogens (tertiary/aromatic N) is 5. The Morgan fingerprint density at radius 3 is 2.68 bits per heavy atom. The van der Waals surface area contributed by atoms with Crippen LogP contribution >= 0.6 is 11.3 Å². The number of halogens is 1. The zero-order valence-corrected chi connectivity index (χ0v) is 21.9. The van der Waals surface area contributed by atoms with Gasteiger partial charge < -0.3 is 10.3 Å². The molecule has 0 atom stereocenters. The summed E-state index contributed by atoms with van der Waals surface area (Å²) in [6.45, 7) is 7.49. The molecule has 0 aromatic carbocycles. The predicted octanol–water partition coefficient (Wildman–Crippen LogP) is 6.12. The van der Waals surface area contributed by atoms with E-state index in [1.165, 1.54) is 23.5 Å². The third kappa shape index (κ3) is 4.10. The van der Waals surface area contributed by atoms with Crippen LogP contribution in [0.25, 0.3) is 55.3 Å². The van der Waals surface area contributed by atoms with Crippen LogP contribution in [0.2, 0.25) is 0 Å². The Morgan fingerprint density at radius 2 is 1.92 bits per heavy atom. The fraction of sp³-hybridized carbons (Fsp3) is 0.185. The van der Waals surface area contributed by atoms with E-state index in [1.54, 1.807) is 23.6 Å². The first-order chi connectivity index (χ1) is 18.2. The van der Waals surface area contributed by atoms with Crippen molar-refractivity contribution in [2.45, 2.75) is 27.7 Å². The van der Waals surface area contributed by atoms with Gasteiger partial charge in [0, 0.05) is 40.0 Å². The van der Waals surface area contributed by atoms with Gasteiger partial charge in [-0.1, -0.05) is 20.8 Å². The summed E-state index contributed by atoms with van der Waals surface area (Å²) in [5.74, 6) is -0.289. The number of aromatic nitrogens is 7. The maximum Gasteiger partial charge on any atom is 0.229 e. The molecule has 0 saturated heterocycles. The fourth-order valence-electron chi connectivity index (χ4n) is 4.09. The number of aryl methyl sites for hydroxylation is 1. The molecule has 0 aliphatic heterocycles. The molecule has 3 N–H and O–H groups in total. The zero-order chi connectivity index (χ0) is 26.6. The number of thiophene rings is 1. The van der Waals surface area contributed by atoms with Gasteiger partial charge in [-0.05, 0) is 31.2 Å². The van der Waals surface area contributed by atoms with E-state index in [0.717, 1.165) is 16.1 Å². The number of hydrogen-bond acceptors (Lipinski definition) is 7. The van der Waals surface area contributed by atoms with Crippen LogP contribution in [0.3, 0.4) is 0 Å². The van der Waals surface area contributed by atoms with Crippen LogP contribution in [0.5, 0.6) is 0 Å². The van der Waals surface area contributed by atoms with Crippen LogP contribution in [-0.2, 0) is 4.79 Å². The Morgan fingerprint density at radius 1 is 1.08 bits per heavy atom. The average Bonchev–Trinajstić information content (AvgIpc) is 3.61. The lowest BCUT2D eigenvalue weighted by Gasteiger charge is -2.17. The summed E-state index contributed by atoms with van der Waals surface area (Å²) in [7, 11) is 0. The van der Waals surface area contributed by atoms with Gasteiger partial charge in [0.2, 0.25) is 5.91 Å². The molecule has 38 heavy (non-hydrogen) atoms. The Kier molecular flexibility index (Phi) is 5.53. The smallest absolute Gasteiger partial charge is 0.229 e. The van der Waals surface area contributed by atoms with Crippen LogP contribution in [0.15, 0.2) is 49.1 Å². The van der Waals surface area contributed by atoms with Gasteiger partial charge in [-0.3, -0.25) is 19.9 Å². The molecule has 6 aromatic heterocycles. The molecular formula is C27H23FN8OS. The minimum atomic E-state index is -0.586. The molecule has 0 fully saturated rings. The SMILES string of the molecule is Cc1ccc(-c2nccc3[nH]c(-c4n[nH]c5ncc(-c6cncc(NC(=O)C(C)(C)C)c6)c(F)c45)nc23)s1. The number of pyridine rings is 3. The monoisotopic (exact) mass is 526 g/mol. The molecular weight excluding hydrogens is 503 g/mol. The molecule has 0 unspecified atom stereocenters. The number of carbonyl (C=O) groups excluding carboxylic acids is 1. The number of fused-ring (bicyclic) bond motifs is 2. The minimum absolute atomic E-state index is 0.168. The van der Waals surface area contributed by atoms with Crippen molar-refractivity contribution < 1.29 is 9.18 Å². The normalized spacial score (nSPS) is 11.9. The van der Waals surface area contributed by atoms with Crippen molar-refractivity contribution in [3.8, 4) is 33.2 Å². The lowest BCUT2D eigenvalue weighted by Crippen LogP contribution is -2.27. The second-order valence-corrected chi connectivity index (χ2v) is 11.3.